The Morgan fingerprint density at radius 2 is 1.66 bits per heavy atom. The number of pyridine rings is 1. The van der Waals surface area contributed by atoms with E-state index >= 15 is 0 Å². The number of hydrogen-bond acceptors (Lipinski definition) is 3. The zero-order chi connectivity index (χ0) is 21.1. The van der Waals surface area contributed by atoms with Crippen LogP contribution in [0.2, 0.25) is 0 Å². The van der Waals surface area contributed by atoms with Gasteiger partial charge in [0.25, 0.3) is 5.91 Å². The zero-order valence-corrected chi connectivity index (χ0v) is 18.2. The molecule has 4 heteroatoms. The van der Waals surface area contributed by atoms with Gasteiger partial charge in [0, 0.05) is 56.4 Å². The van der Waals surface area contributed by atoms with Gasteiger partial charge in [0.05, 0.1) is 0 Å². The lowest BCUT2D eigenvalue weighted by atomic mass is 9.97. The fourth-order valence-electron chi connectivity index (χ4n) is 3.51. The molecule has 0 saturated heterocycles. The number of aromatic nitrogens is 1. The average Bonchev–Trinajstić information content (AvgIpc) is 2.69. The van der Waals surface area contributed by atoms with Crippen molar-refractivity contribution in [2.45, 2.75) is 27.3 Å². The maximum Gasteiger partial charge on any atom is 0.254 e. The lowest BCUT2D eigenvalue weighted by Crippen LogP contribution is -2.28. The highest BCUT2D eigenvalue weighted by molar-refractivity contribution is 5.98. The van der Waals surface area contributed by atoms with Crippen molar-refractivity contribution in [2.24, 2.45) is 0 Å². The summed E-state index contributed by atoms with van der Waals surface area (Å²) in [5.74, 6) is 0.0239. The summed E-state index contributed by atoms with van der Waals surface area (Å²) in [5, 5.41) is 0. The van der Waals surface area contributed by atoms with Crippen LogP contribution in [0.25, 0.3) is 11.1 Å². The van der Waals surface area contributed by atoms with Gasteiger partial charge in [-0.1, -0.05) is 30.3 Å². The molecule has 0 spiro atoms. The minimum absolute atomic E-state index is 0.0239. The molecule has 29 heavy (non-hydrogen) atoms. The van der Waals surface area contributed by atoms with Crippen LogP contribution in [0.3, 0.4) is 0 Å². The highest BCUT2D eigenvalue weighted by Crippen LogP contribution is 2.31. The SMILES string of the molecule is Cc1ccc(-c2cc(C(=O)N(C)Cc3ccccc3C)c(C)c(N(C)C)c2)cn1. The van der Waals surface area contributed by atoms with Crippen molar-refractivity contribution in [3.05, 3.63) is 82.7 Å². The van der Waals surface area contributed by atoms with Gasteiger partial charge >= 0.3 is 0 Å². The standard InChI is InChI=1S/C25H29N3O/c1-17-9-7-8-10-21(17)16-28(6)25(29)23-13-22(14-24(19(23)3)27(4)5)20-12-11-18(2)26-15-20/h7-15H,16H2,1-6H3. The minimum Gasteiger partial charge on any atom is -0.377 e. The first-order valence-corrected chi connectivity index (χ1v) is 9.83. The predicted octanol–water partition coefficient (Wildman–Crippen LogP) is 5.01. The summed E-state index contributed by atoms with van der Waals surface area (Å²) in [7, 11) is 5.87. The summed E-state index contributed by atoms with van der Waals surface area (Å²) < 4.78 is 0. The Balaban J connectivity index is 2.01. The van der Waals surface area contributed by atoms with Gasteiger partial charge in [-0.15, -0.1) is 0 Å². The number of anilines is 1. The maximum absolute atomic E-state index is 13.4. The molecule has 0 saturated carbocycles. The summed E-state index contributed by atoms with van der Waals surface area (Å²) >= 11 is 0. The monoisotopic (exact) mass is 387 g/mol. The molecule has 3 aromatic rings. The van der Waals surface area contributed by atoms with Crippen molar-refractivity contribution in [2.75, 3.05) is 26.0 Å². The van der Waals surface area contributed by atoms with Crippen molar-refractivity contribution in [1.29, 1.82) is 0 Å². The average molecular weight is 388 g/mol. The number of carbonyl (C=O) groups is 1. The second kappa shape index (κ2) is 8.48. The summed E-state index contributed by atoms with van der Waals surface area (Å²) in [6, 6.07) is 16.4. The van der Waals surface area contributed by atoms with Gasteiger partial charge in [-0.25, -0.2) is 0 Å². The first-order chi connectivity index (χ1) is 13.8. The molecule has 4 nitrogen and oxygen atoms in total. The van der Waals surface area contributed by atoms with Crippen molar-refractivity contribution >= 4 is 11.6 Å². The van der Waals surface area contributed by atoms with Crippen LogP contribution in [0.15, 0.2) is 54.7 Å². The number of rotatable bonds is 5. The van der Waals surface area contributed by atoms with E-state index in [2.05, 4.69) is 41.1 Å². The largest absolute Gasteiger partial charge is 0.377 e. The predicted molar refractivity (Wildman–Crippen MR) is 120 cm³/mol. The zero-order valence-electron chi connectivity index (χ0n) is 18.2. The molecule has 2 aromatic carbocycles. The topological polar surface area (TPSA) is 36.4 Å². The fraction of sp³-hybridized carbons (Fsp3) is 0.280. The van der Waals surface area contributed by atoms with Crippen LogP contribution in [-0.4, -0.2) is 36.9 Å². The first kappa shape index (κ1) is 20.6. The summed E-state index contributed by atoms with van der Waals surface area (Å²) in [5.41, 5.74) is 8.08. The quantitative estimate of drug-likeness (QED) is 0.617. The van der Waals surface area contributed by atoms with Crippen LogP contribution < -0.4 is 4.90 Å². The van der Waals surface area contributed by atoms with Crippen LogP contribution in [0, 0.1) is 20.8 Å². The third-order valence-electron chi connectivity index (χ3n) is 5.35. The first-order valence-electron chi connectivity index (χ1n) is 9.83. The lowest BCUT2D eigenvalue weighted by Gasteiger charge is -2.24. The summed E-state index contributed by atoms with van der Waals surface area (Å²) in [6.07, 6.45) is 1.87. The Kier molecular flexibility index (Phi) is 6.02. The van der Waals surface area contributed by atoms with E-state index in [1.165, 1.54) is 5.56 Å². The van der Waals surface area contributed by atoms with E-state index in [4.69, 9.17) is 0 Å². The smallest absolute Gasteiger partial charge is 0.254 e. The van der Waals surface area contributed by atoms with Gasteiger partial charge in [0.1, 0.15) is 0 Å². The highest BCUT2D eigenvalue weighted by atomic mass is 16.2. The minimum atomic E-state index is 0.0239. The molecule has 0 fully saturated rings. The number of amides is 1. The molecule has 0 bridgehead atoms. The van der Waals surface area contributed by atoms with Crippen molar-refractivity contribution in [3.63, 3.8) is 0 Å². The van der Waals surface area contributed by atoms with Crippen LogP contribution in [0.4, 0.5) is 5.69 Å². The lowest BCUT2D eigenvalue weighted by molar-refractivity contribution is 0.0784. The number of carbonyl (C=O) groups excluding carboxylic acids is 1. The van der Waals surface area contributed by atoms with Gasteiger partial charge in [-0.3, -0.25) is 9.78 Å². The van der Waals surface area contributed by atoms with Gasteiger partial charge in [0.15, 0.2) is 0 Å². The number of hydrogen-bond donors (Lipinski definition) is 0. The van der Waals surface area contributed by atoms with Crippen molar-refractivity contribution in [3.8, 4) is 11.1 Å². The molecule has 0 unspecified atom stereocenters. The molecule has 0 aliphatic carbocycles. The third kappa shape index (κ3) is 4.48. The normalized spacial score (nSPS) is 10.7. The number of benzene rings is 2. The van der Waals surface area contributed by atoms with Crippen LogP contribution in [-0.2, 0) is 6.54 Å². The van der Waals surface area contributed by atoms with Gasteiger partial charge in [-0.05, 0) is 61.2 Å². The van der Waals surface area contributed by atoms with E-state index in [-0.39, 0.29) is 5.91 Å². The van der Waals surface area contributed by atoms with E-state index in [0.29, 0.717) is 6.54 Å². The molecule has 150 valence electrons. The fourth-order valence-corrected chi connectivity index (χ4v) is 3.51. The van der Waals surface area contributed by atoms with Gasteiger partial charge < -0.3 is 9.80 Å². The van der Waals surface area contributed by atoms with Gasteiger partial charge in [-0.2, -0.15) is 0 Å². The van der Waals surface area contributed by atoms with Crippen molar-refractivity contribution < 1.29 is 4.79 Å². The van der Waals surface area contributed by atoms with E-state index in [0.717, 1.165) is 39.2 Å². The Bertz CT molecular complexity index is 1020. The maximum atomic E-state index is 13.4. The van der Waals surface area contributed by atoms with E-state index < -0.39 is 0 Å². The van der Waals surface area contributed by atoms with E-state index in [9.17, 15) is 4.79 Å². The van der Waals surface area contributed by atoms with Crippen LogP contribution >= 0.6 is 0 Å². The summed E-state index contributed by atoms with van der Waals surface area (Å²) in [6.45, 7) is 6.65. The molecule has 0 atom stereocenters. The molecule has 3 rings (SSSR count). The molecule has 1 heterocycles. The van der Waals surface area contributed by atoms with Crippen LogP contribution in [0.1, 0.15) is 32.7 Å². The molecular weight excluding hydrogens is 358 g/mol. The molecule has 1 amide bonds. The second-order valence-corrected chi connectivity index (χ2v) is 7.84. The molecule has 0 aliphatic heterocycles. The highest BCUT2D eigenvalue weighted by Gasteiger charge is 2.19. The van der Waals surface area contributed by atoms with Crippen LogP contribution in [0.5, 0.6) is 0 Å². The second-order valence-electron chi connectivity index (χ2n) is 7.84. The van der Waals surface area contributed by atoms with E-state index in [1.807, 2.05) is 65.5 Å². The Labute approximate surface area is 173 Å². The molecule has 0 radical (unpaired) electrons. The Morgan fingerprint density at radius 1 is 0.931 bits per heavy atom. The van der Waals surface area contributed by atoms with Gasteiger partial charge in [0.2, 0.25) is 0 Å². The Morgan fingerprint density at radius 3 is 2.28 bits per heavy atom. The number of nitrogens with zero attached hydrogens (tertiary/aromatic N) is 3. The molecule has 0 N–H and O–H groups in total. The van der Waals surface area contributed by atoms with E-state index in [1.54, 1.807) is 4.90 Å². The molecular formula is C25H29N3O. The van der Waals surface area contributed by atoms with Crippen molar-refractivity contribution in [1.82, 2.24) is 9.88 Å². The Hall–Kier alpha value is -3.14. The third-order valence-corrected chi connectivity index (χ3v) is 5.35. The summed E-state index contributed by atoms with van der Waals surface area (Å²) in [4.78, 5) is 21.7. The molecule has 0 aliphatic rings. The number of aryl methyl sites for hydroxylation is 2. The molecule has 1 aromatic heterocycles.